The number of alkyl halides is 6. The second kappa shape index (κ2) is 28.7. The van der Waals surface area contributed by atoms with Crippen molar-refractivity contribution in [3.05, 3.63) is 93.6 Å². The highest BCUT2D eigenvalue weighted by Gasteiger charge is 2.84. The summed E-state index contributed by atoms with van der Waals surface area (Å²) in [4.78, 5) is 35.4. The predicted octanol–water partition coefficient (Wildman–Crippen LogP) is 28.7. The first-order valence-electron chi connectivity index (χ1n) is 50.7. The third-order valence-electron chi connectivity index (χ3n) is 42.3. The van der Waals surface area contributed by atoms with Gasteiger partial charge < -0.3 is 42.6 Å². The van der Waals surface area contributed by atoms with Crippen LogP contribution in [0.25, 0.3) is 0 Å². The summed E-state index contributed by atoms with van der Waals surface area (Å²) in [7, 11) is 0. The zero-order chi connectivity index (χ0) is 96.4. The Hall–Kier alpha value is -6.42. The van der Waals surface area contributed by atoms with Gasteiger partial charge in [-0.05, 0) is 185 Å². The summed E-state index contributed by atoms with van der Waals surface area (Å²) in [6.07, 6.45) is -1.28. The number of carbonyl (C=O) groups excluding carboxylic acids is 2. The average Bonchev–Trinajstić information content (AvgIpc) is 1.71. The smallest absolute Gasteiger partial charge is 0.413 e. The first-order chi connectivity index (χ1) is 61.6. The molecular formula is C110H142F12O11. The van der Waals surface area contributed by atoms with Crippen LogP contribution in [0.1, 0.15) is 343 Å². The van der Waals surface area contributed by atoms with E-state index in [9.17, 15) is 0 Å². The summed E-state index contributed by atoms with van der Waals surface area (Å²) in [5.74, 6) is -31.3. The molecule has 11 nitrogen and oxygen atoms in total. The van der Waals surface area contributed by atoms with Crippen molar-refractivity contribution >= 4 is 11.9 Å². The summed E-state index contributed by atoms with van der Waals surface area (Å²) in [5.41, 5.74) is -35.9. The van der Waals surface area contributed by atoms with Gasteiger partial charge in [-0.3, -0.25) is 0 Å². The SMILES string of the molecule is CC1CCC2C(C)(C)C2(Oc2ccc(C(C(=O)OC(=O)C(c3ccc(OC45CC(C)CCC4C5(C)C)c(OC45CC(C)CCC4C5(C)C)c3)(c3c(F)c(F)c(OC45CC(C)CCC4C5(C)C)c(OC45CC(C)CCC4C5(C)C)c3F)C(F)(F)F)(c3c(F)c(F)c(OC45CC(C)CCC4C5(C)C)c(OC45CC(C)CCC4C5(C)C)c3F)C(F)(F)F)cc2OC23CC(C)CCC2C3(C)C)C1. The van der Waals surface area contributed by atoms with E-state index in [4.69, 9.17) is 42.6 Å². The molecule has 0 bridgehead atoms. The lowest BCUT2D eigenvalue weighted by Gasteiger charge is -2.40. The Balaban J connectivity index is 0.862. The number of halogens is 12. The molecule has 0 N–H and O–H groups in total. The minimum absolute atomic E-state index is 0.0570. The first kappa shape index (κ1) is 94.2. The summed E-state index contributed by atoms with van der Waals surface area (Å²) < 4.78 is 299. The lowest BCUT2D eigenvalue weighted by Crippen LogP contribution is -2.57. The minimum atomic E-state index is -6.75. The molecule has 133 heavy (non-hydrogen) atoms. The fourth-order valence-electron chi connectivity index (χ4n) is 33.3. The Morgan fingerprint density at radius 1 is 0.256 bits per heavy atom. The fraction of sp³-hybridized carbons (Fsp3) is 0.764. The van der Waals surface area contributed by atoms with Gasteiger partial charge in [-0.2, -0.15) is 35.1 Å². The van der Waals surface area contributed by atoms with E-state index in [1.54, 1.807) is 27.7 Å². The zero-order valence-corrected chi connectivity index (χ0v) is 82.7. The van der Waals surface area contributed by atoms with Crippen molar-refractivity contribution in [3.8, 4) is 46.0 Å². The maximum Gasteiger partial charge on any atom is 0.413 e. The van der Waals surface area contributed by atoms with Crippen LogP contribution in [-0.2, 0) is 25.2 Å². The Labute approximate surface area is 778 Å². The van der Waals surface area contributed by atoms with Crippen molar-refractivity contribution in [1.29, 1.82) is 0 Å². The monoisotopic (exact) mass is 1870 g/mol. The van der Waals surface area contributed by atoms with Crippen LogP contribution in [-0.4, -0.2) is 69.1 Å². The summed E-state index contributed by atoms with van der Waals surface area (Å²) >= 11 is 0. The van der Waals surface area contributed by atoms with E-state index >= 15 is 62.3 Å². The van der Waals surface area contributed by atoms with Crippen molar-refractivity contribution in [2.45, 2.75) is 388 Å². The van der Waals surface area contributed by atoms with E-state index in [0.29, 0.717) is 127 Å². The van der Waals surface area contributed by atoms with Crippen molar-refractivity contribution in [2.75, 3.05) is 0 Å². The zero-order valence-electron chi connectivity index (χ0n) is 82.7. The number of hydrogen-bond acceptors (Lipinski definition) is 11. The highest BCUT2D eigenvalue weighted by atomic mass is 19.4. The molecule has 0 radical (unpaired) electrons. The summed E-state index contributed by atoms with van der Waals surface area (Å²) in [5, 5.41) is 0. The van der Waals surface area contributed by atoms with Crippen molar-refractivity contribution < 1.29 is 105 Å². The number of esters is 2. The van der Waals surface area contributed by atoms with Gasteiger partial charge in [0.2, 0.25) is 45.5 Å². The van der Waals surface area contributed by atoms with Crippen LogP contribution in [0.15, 0.2) is 36.4 Å². The molecule has 4 aromatic carbocycles. The van der Waals surface area contributed by atoms with E-state index in [1.807, 2.05) is 125 Å². The molecule has 0 aliphatic heterocycles. The van der Waals surface area contributed by atoms with Gasteiger partial charge in [0.25, 0.3) is 0 Å². The molecule has 23 heteroatoms. The quantitative estimate of drug-likeness (QED) is 0.0324. The second-order valence-electron chi connectivity index (χ2n) is 51.7. The molecule has 16 saturated carbocycles. The third-order valence-corrected chi connectivity index (χ3v) is 42.3. The highest BCUT2D eigenvalue weighted by molar-refractivity contribution is 6.02. The van der Waals surface area contributed by atoms with E-state index < -0.39 is 239 Å². The maximum absolute atomic E-state index is 20.7. The molecular weight excluding hydrogens is 1730 g/mol. The van der Waals surface area contributed by atoms with Crippen molar-refractivity contribution in [1.82, 2.24) is 0 Å². The fourth-order valence-corrected chi connectivity index (χ4v) is 33.3. The van der Waals surface area contributed by atoms with Crippen LogP contribution in [0.5, 0.6) is 46.0 Å². The van der Waals surface area contributed by atoms with Crippen LogP contribution in [0.3, 0.4) is 0 Å². The molecule has 20 rings (SSSR count). The Morgan fingerprint density at radius 2 is 0.436 bits per heavy atom. The topological polar surface area (TPSA) is 117 Å². The van der Waals surface area contributed by atoms with Gasteiger partial charge in [-0.15, -0.1) is 0 Å². The predicted molar refractivity (Wildman–Crippen MR) is 479 cm³/mol. The Bertz CT molecular complexity index is 5160. The van der Waals surface area contributed by atoms with Gasteiger partial charge >= 0.3 is 24.3 Å². The molecule has 0 amide bonds. The van der Waals surface area contributed by atoms with Crippen LogP contribution in [0.4, 0.5) is 52.7 Å². The molecule has 26 unspecified atom stereocenters. The molecule has 16 aliphatic carbocycles. The second-order valence-corrected chi connectivity index (χ2v) is 51.7. The number of benzene rings is 4. The molecule has 732 valence electrons. The Kier molecular flexibility index (Phi) is 20.3. The molecule has 0 spiro atoms. The van der Waals surface area contributed by atoms with Crippen molar-refractivity contribution in [2.24, 2.45) is 138 Å². The molecule has 26 atom stereocenters. The van der Waals surface area contributed by atoms with E-state index in [1.165, 1.54) is 0 Å². The van der Waals surface area contributed by atoms with Gasteiger partial charge in [0.1, 0.15) is 44.8 Å². The number of hydrogen-bond donors (Lipinski definition) is 0. The highest BCUT2D eigenvalue weighted by Crippen LogP contribution is 2.81. The van der Waals surface area contributed by atoms with Crippen LogP contribution in [0.2, 0.25) is 0 Å². The summed E-state index contributed by atoms with van der Waals surface area (Å²) in [6.45, 7) is 46.1. The molecule has 4 aromatic rings. The van der Waals surface area contributed by atoms with Crippen LogP contribution >= 0.6 is 0 Å². The van der Waals surface area contributed by atoms with Gasteiger partial charge in [0.15, 0.2) is 46.3 Å². The first-order valence-corrected chi connectivity index (χ1v) is 50.7. The molecule has 16 fully saturated rings. The largest absolute Gasteiger partial charge is 0.482 e. The molecule has 0 heterocycles. The van der Waals surface area contributed by atoms with Crippen molar-refractivity contribution in [3.63, 3.8) is 0 Å². The number of carbonyl (C=O) groups is 2. The molecule has 0 saturated heterocycles. The lowest BCUT2D eigenvalue weighted by atomic mass is 9.71. The normalized spacial score (nSPS) is 41.3. The van der Waals surface area contributed by atoms with Gasteiger partial charge in [0.05, 0.1) is 11.1 Å². The maximum atomic E-state index is 20.7. The molecule has 16 aliphatic rings. The lowest BCUT2D eigenvalue weighted by molar-refractivity contribution is -0.214. The van der Waals surface area contributed by atoms with Gasteiger partial charge in [-0.1, -0.05) is 230 Å². The number of fused-ring (bicyclic) bond motifs is 8. The van der Waals surface area contributed by atoms with Gasteiger partial charge in [-0.25, -0.2) is 27.2 Å². The standard InChI is InChI=1S/C110H142F12O11/c1-55-25-37-69-91(9,10)99(69,47-55)126-65-35-33-63(45-67(65)128-101-49-57(3)27-39-71(101)93(101,13)14)107(109(117,118)119,77-79(111)83(115)87(132-105-53-61(7)31-43-75(105)97(105,21)22)85(81(77)113)130-103-51-59(5)29-41-73(103)95(103,17)18)89(123)125-90(124)108(110(120,121)122,64-34-36-66(127-100-48-56(2)26-38-70(100)92(100,11)12)68(46-64)129-102-50-58(4)28-40-72(102)94(102,15)16)78-80(112)84(116)88(133-106-54-62(8)32-44-76(106)98(106,23)24)86(82(78)114)131-104-52-60(6)30-42-74(104)96(104,19)20/h33-36,45-46,55-62,69-76H,25-32,37-44,47-54H2,1-24H3. The third kappa shape index (κ3) is 12.1. The van der Waals surface area contributed by atoms with Crippen LogP contribution < -0.4 is 37.9 Å². The minimum Gasteiger partial charge on any atom is -0.482 e. The Morgan fingerprint density at radius 3 is 0.632 bits per heavy atom. The van der Waals surface area contributed by atoms with E-state index in [2.05, 4.69) is 13.8 Å². The van der Waals surface area contributed by atoms with E-state index in [0.717, 1.165) is 37.8 Å². The van der Waals surface area contributed by atoms with Gasteiger partial charge in [0, 0.05) is 90.7 Å². The average molecular weight is 1870 g/mol. The summed E-state index contributed by atoms with van der Waals surface area (Å²) in [6, 6.07) is 4.68. The van der Waals surface area contributed by atoms with Crippen LogP contribution in [0, 0.1) is 173 Å². The molecule has 0 aromatic heterocycles. The number of rotatable bonds is 22. The van der Waals surface area contributed by atoms with E-state index in [-0.39, 0.29) is 108 Å². The number of ether oxygens (including phenoxy) is 9.